The number of terminal acetylenes is 1. The molecule has 2 heterocycles. The molecule has 2 rings (SSSR count). The molecule has 0 aromatic carbocycles. The second kappa shape index (κ2) is 4.14. The predicted octanol–water partition coefficient (Wildman–Crippen LogP) is 3.25. The van der Waals surface area contributed by atoms with Crippen molar-refractivity contribution >= 4 is 32.1 Å². The minimum Gasteiger partial charge on any atom is -0.312 e. The van der Waals surface area contributed by atoms with Crippen molar-refractivity contribution in [1.29, 1.82) is 0 Å². The maximum Gasteiger partial charge on any atom is 0.0523 e. The van der Waals surface area contributed by atoms with Crippen LogP contribution < -0.4 is 5.32 Å². The molecule has 2 aromatic rings. The van der Waals surface area contributed by atoms with Crippen LogP contribution in [-0.2, 0) is 0 Å². The normalized spacial score (nSPS) is 12.9. The van der Waals surface area contributed by atoms with Crippen LogP contribution in [0.1, 0.15) is 17.3 Å². The zero-order valence-corrected chi connectivity index (χ0v) is 9.54. The van der Waals surface area contributed by atoms with Gasteiger partial charge in [-0.15, -0.1) is 35.0 Å². The second-order valence-corrected chi connectivity index (χ2v) is 5.11. The summed E-state index contributed by atoms with van der Waals surface area (Å²) < 4.78 is 2.73. The summed E-state index contributed by atoms with van der Waals surface area (Å²) in [4.78, 5) is 1.34. The van der Waals surface area contributed by atoms with Gasteiger partial charge in [-0.2, -0.15) is 0 Å². The van der Waals surface area contributed by atoms with Gasteiger partial charge in [0, 0.05) is 20.7 Å². The van der Waals surface area contributed by atoms with Crippen LogP contribution in [0.3, 0.4) is 0 Å². The van der Waals surface area contributed by atoms with Crippen molar-refractivity contribution in [2.45, 2.75) is 12.5 Å². The van der Waals surface area contributed by atoms with E-state index >= 15 is 0 Å². The van der Waals surface area contributed by atoms with Crippen LogP contribution in [0.5, 0.6) is 0 Å². The second-order valence-electron chi connectivity index (χ2n) is 3.05. The molecule has 0 amide bonds. The lowest BCUT2D eigenvalue weighted by Gasteiger charge is -2.09. The summed E-state index contributed by atoms with van der Waals surface area (Å²) in [5.41, 5.74) is 0. The van der Waals surface area contributed by atoms with E-state index in [9.17, 15) is 0 Å². The molecule has 14 heavy (non-hydrogen) atoms. The monoisotopic (exact) mass is 221 g/mol. The standard InChI is InChI=1S/C11H11NS2/c1-3-4-8(12-2)10-7-11-9(14-10)5-6-13-11/h1,5-8,12H,4H2,2H3. The van der Waals surface area contributed by atoms with Gasteiger partial charge < -0.3 is 5.32 Å². The first-order valence-corrected chi connectivity index (χ1v) is 6.12. The topological polar surface area (TPSA) is 12.0 Å². The molecule has 0 saturated carbocycles. The van der Waals surface area contributed by atoms with Crippen LogP contribution in [0.25, 0.3) is 9.40 Å². The minimum absolute atomic E-state index is 0.310. The lowest BCUT2D eigenvalue weighted by atomic mass is 10.2. The Labute approximate surface area is 91.8 Å². The summed E-state index contributed by atoms with van der Waals surface area (Å²) in [6.07, 6.45) is 6.08. The minimum atomic E-state index is 0.310. The molecular formula is C11H11NS2. The van der Waals surface area contributed by atoms with Crippen LogP contribution in [0.15, 0.2) is 17.5 Å². The van der Waals surface area contributed by atoms with E-state index in [2.05, 4.69) is 28.8 Å². The largest absolute Gasteiger partial charge is 0.312 e. The number of hydrogen-bond donors (Lipinski definition) is 1. The third-order valence-electron chi connectivity index (χ3n) is 2.17. The summed E-state index contributed by atoms with van der Waals surface area (Å²) >= 11 is 3.61. The number of thiophene rings is 2. The highest BCUT2D eigenvalue weighted by molar-refractivity contribution is 7.26. The van der Waals surface area contributed by atoms with E-state index < -0.39 is 0 Å². The fourth-order valence-electron chi connectivity index (χ4n) is 1.42. The third-order valence-corrected chi connectivity index (χ3v) is 4.38. The summed E-state index contributed by atoms with van der Waals surface area (Å²) in [5, 5.41) is 5.37. The van der Waals surface area contributed by atoms with Crippen LogP contribution in [0.2, 0.25) is 0 Å². The molecular weight excluding hydrogens is 210 g/mol. The number of hydrogen-bond acceptors (Lipinski definition) is 3. The van der Waals surface area contributed by atoms with E-state index in [1.807, 2.05) is 18.4 Å². The molecule has 1 unspecified atom stereocenters. The van der Waals surface area contributed by atoms with Crippen molar-refractivity contribution in [2.75, 3.05) is 7.05 Å². The molecule has 1 atom stereocenters. The molecule has 0 spiro atoms. The molecule has 0 bridgehead atoms. The Kier molecular flexibility index (Phi) is 2.87. The summed E-state index contributed by atoms with van der Waals surface area (Å²) in [6, 6.07) is 4.71. The maximum absolute atomic E-state index is 5.33. The average molecular weight is 221 g/mol. The van der Waals surface area contributed by atoms with Gasteiger partial charge in [-0.1, -0.05) is 0 Å². The zero-order valence-electron chi connectivity index (χ0n) is 7.91. The lowest BCUT2D eigenvalue weighted by Crippen LogP contribution is -2.14. The predicted molar refractivity (Wildman–Crippen MR) is 65.0 cm³/mol. The van der Waals surface area contributed by atoms with Crippen LogP contribution >= 0.6 is 22.7 Å². The first-order valence-electron chi connectivity index (χ1n) is 4.43. The molecule has 72 valence electrons. The molecule has 2 aromatic heterocycles. The van der Waals surface area contributed by atoms with Gasteiger partial charge in [0.2, 0.25) is 0 Å². The Hall–Kier alpha value is -0.820. The highest BCUT2D eigenvalue weighted by atomic mass is 32.1. The van der Waals surface area contributed by atoms with Gasteiger partial charge in [-0.05, 0) is 24.6 Å². The van der Waals surface area contributed by atoms with Gasteiger partial charge in [0.1, 0.15) is 0 Å². The Morgan fingerprint density at radius 1 is 1.57 bits per heavy atom. The van der Waals surface area contributed by atoms with E-state index in [1.54, 1.807) is 11.3 Å². The summed E-state index contributed by atoms with van der Waals surface area (Å²) in [5.74, 6) is 2.70. The van der Waals surface area contributed by atoms with E-state index in [0.717, 1.165) is 6.42 Å². The summed E-state index contributed by atoms with van der Waals surface area (Å²) in [6.45, 7) is 0. The first kappa shape index (κ1) is 9.72. The highest BCUT2D eigenvalue weighted by Gasteiger charge is 2.11. The molecule has 3 heteroatoms. The Balaban J connectivity index is 2.33. The number of rotatable bonds is 3. The van der Waals surface area contributed by atoms with Crippen molar-refractivity contribution in [1.82, 2.24) is 5.32 Å². The SMILES string of the molecule is C#CCC(NC)c1cc2sccc2s1. The van der Waals surface area contributed by atoms with E-state index in [-0.39, 0.29) is 0 Å². The zero-order chi connectivity index (χ0) is 9.97. The molecule has 0 aliphatic heterocycles. The molecule has 0 aliphatic rings. The number of fused-ring (bicyclic) bond motifs is 1. The Morgan fingerprint density at radius 2 is 2.43 bits per heavy atom. The fourth-order valence-corrected chi connectivity index (χ4v) is 3.65. The smallest absolute Gasteiger partial charge is 0.0523 e. The fraction of sp³-hybridized carbons (Fsp3) is 0.273. The lowest BCUT2D eigenvalue weighted by molar-refractivity contribution is 0.622. The highest BCUT2D eigenvalue weighted by Crippen LogP contribution is 2.34. The van der Waals surface area contributed by atoms with Crippen molar-refractivity contribution < 1.29 is 0 Å². The van der Waals surface area contributed by atoms with Crippen LogP contribution in [-0.4, -0.2) is 7.05 Å². The molecule has 1 nitrogen and oxygen atoms in total. The summed E-state index contributed by atoms with van der Waals surface area (Å²) in [7, 11) is 1.95. The number of nitrogens with one attached hydrogen (secondary N) is 1. The van der Waals surface area contributed by atoms with Gasteiger partial charge >= 0.3 is 0 Å². The Bertz CT molecular complexity index is 432. The van der Waals surface area contributed by atoms with E-state index in [4.69, 9.17) is 6.42 Å². The Morgan fingerprint density at radius 3 is 3.07 bits per heavy atom. The maximum atomic E-state index is 5.33. The van der Waals surface area contributed by atoms with Crippen molar-refractivity contribution in [2.24, 2.45) is 0 Å². The average Bonchev–Trinajstić information content (AvgIpc) is 2.73. The van der Waals surface area contributed by atoms with Crippen molar-refractivity contribution in [3.05, 3.63) is 22.4 Å². The van der Waals surface area contributed by atoms with Crippen molar-refractivity contribution in [3.63, 3.8) is 0 Å². The molecule has 0 aliphatic carbocycles. The van der Waals surface area contributed by atoms with Gasteiger partial charge in [0.05, 0.1) is 6.04 Å². The quantitative estimate of drug-likeness (QED) is 0.785. The van der Waals surface area contributed by atoms with Gasteiger partial charge in [-0.25, -0.2) is 0 Å². The van der Waals surface area contributed by atoms with Crippen LogP contribution in [0, 0.1) is 12.3 Å². The van der Waals surface area contributed by atoms with Gasteiger partial charge in [-0.3, -0.25) is 0 Å². The third kappa shape index (κ3) is 1.69. The molecule has 1 N–H and O–H groups in total. The van der Waals surface area contributed by atoms with Gasteiger partial charge in [0.25, 0.3) is 0 Å². The van der Waals surface area contributed by atoms with E-state index in [0.29, 0.717) is 6.04 Å². The first-order chi connectivity index (χ1) is 6.85. The van der Waals surface area contributed by atoms with Crippen molar-refractivity contribution in [3.8, 4) is 12.3 Å². The molecule has 0 fully saturated rings. The van der Waals surface area contributed by atoms with Crippen LogP contribution in [0.4, 0.5) is 0 Å². The molecule has 0 saturated heterocycles. The molecule has 0 radical (unpaired) electrons. The van der Waals surface area contributed by atoms with Gasteiger partial charge in [0.15, 0.2) is 0 Å². The van der Waals surface area contributed by atoms with E-state index in [1.165, 1.54) is 14.3 Å².